The topological polar surface area (TPSA) is 52.7 Å². The molecule has 2 aromatic rings. The zero-order chi connectivity index (χ0) is 19.7. The number of nitrogens with one attached hydrogen (secondary N) is 1. The van der Waals surface area contributed by atoms with Crippen molar-refractivity contribution < 1.29 is 9.59 Å². The Balaban J connectivity index is 1.46. The average molecular weight is 377 g/mol. The maximum atomic E-state index is 12.7. The van der Waals surface area contributed by atoms with Gasteiger partial charge in [-0.2, -0.15) is 0 Å². The molecule has 2 amide bonds. The molecule has 1 fully saturated rings. The smallest absolute Gasteiger partial charge is 0.251 e. The Kier molecular flexibility index (Phi) is 5.07. The first-order chi connectivity index (χ1) is 13.5. The van der Waals surface area contributed by atoms with Crippen LogP contribution in [0.2, 0.25) is 0 Å². The lowest BCUT2D eigenvalue weighted by Gasteiger charge is -2.44. The van der Waals surface area contributed by atoms with E-state index in [0.717, 1.165) is 43.6 Å². The summed E-state index contributed by atoms with van der Waals surface area (Å²) in [4.78, 5) is 29.3. The molecule has 0 radical (unpaired) electrons. The second kappa shape index (κ2) is 7.66. The minimum Gasteiger partial charge on any atom is -0.358 e. The van der Waals surface area contributed by atoms with Crippen LogP contribution in [0.25, 0.3) is 0 Å². The van der Waals surface area contributed by atoms with Crippen LogP contribution in [0, 0.1) is 6.92 Å². The Bertz CT molecular complexity index is 891. The Hall–Kier alpha value is -2.82. The number of carbonyl (C=O) groups is 2. The van der Waals surface area contributed by atoms with Crippen molar-refractivity contribution >= 4 is 23.2 Å². The van der Waals surface area contributed by atoms with Crippen molar-refractivity contribution in [3.05, 3.63) is 59.2 Å². The van der Waals surface area contributed by atoms with E-state index in [1.165, 1.54) is 11.1 Å². The van der Waals surface area contributed by atoms with E-state index < -0.39 is 0 Å². The molecule has 1 atom stereocenters. The second-order valence-electron chi connectivity index (χ2n) is 7.80. The lowest BCUT2D eigenvalue weighted by Crippen LogP contribution is -2.54. The number of amides is 2. The van der Waals surface area contributed by atoms with Gasteiger partial charge in [0.25, 0.3) is 5.91 Å². The number of anilines is 2. The lowest BCUT2D eigenvalue weighted by atomic mass is 9.96. The van der Waals surface area contributed by atoms with Crippen molar-refractivity contribution in [2.45, 2.75) is 38.6 Å². The first-order valence-electron chi connectivity index (χ1n) is 10.1. The van der Waals surface area contributed by atoms with E-state index in [-0.39, 0.29) is 17.9 Å². The van der Waals surface area contributed by atoms with Crippen LogP contribution in [-0.4, -0.2) is 38.0 Å². The highest BCUT2D eigenvalue weighted by molar-refractivity contribution is 6.07. The molecule has 0 saturated carbocycles. The molecule has 1 N–H and O–H groups in total. The van der Waals surface area contributed by atoms with Gasteiger partial charge in [-0.1, -0.05) is 29.8 Å². The molecule has 28 heavy (non-hydrogen) atoms. The van der Waals surface area contributed by atoms with Crippen LogP contribution in [0.4, 0.5) is 11.4 Å². The van der Waals surface area contributed by atoms with Gasteiger partial charge in [-0.25, -0.2) is 0 Å². The molecule has 5 nitrogen and oxygen atoms in total. The molecule has 2 aliphatic heterocycles. The van der Waals surface area contributed by atoms with E-state index in [0.29, 0.717) is 12.1 Å². The van der Waals surface area contributed by atoms with Crippen molar-refractivity contribution in [3.8, 4) is 0 Å². The summed E-state index contributed by atoms with van der Waals surface area (Å²) in [5.41, 5.74) is 4.92. The van der Waals surface area contributed by atoms with Crippen LogP contribution in [0.5, 0.6) is 0 Å². The third-order valence-corrected chi connectivity index (χ3v) is 5.85. The Labute approximate surface area is 166 Å². The molecule has 0 aromatic heterocycles. The molecule has 146 valence electrons. The number of aryl methyl sites for hydroxylation is 1. The van der Waals surface area contributed by atoms with Crippen molar-refractivity contribution in [3.63, 3.8) is 0 Å². The molecular formula is C23H27N3O2. The Morgan fingerprint density at radius 2 is 1.89 bits per heavy atom. The highest BCUT2D eigenvalue weighted by Crippen LogP contribution is 2.39. The molecule has 2 aromatic carbocycles. The van der Waals surface area contributed by atoms with Crippen LogP contribution < -0.4 is 15.1 Å². The van der Waals surface area contributed by atoms with Gasteiger partial charge in [-0.3, -0.25) is 9.59 Å². The van der Waals surface area contributed by atoms with Gasteiger partial charge in [0, 0.05) is 25.7 Å². The number of benzene rings is 2. The van der Waals surface area contributed by atoms with E-state index >= 15 is 0 Å². The van der Waals surface area contributed by atoms with Gasteiger partial charge in [0.15, 0.2) is 0 Å². The summed E-state index contributed by atoms with van der Waals surface area (Å²) < 4.78 is 0. The third kappa shape index (κ3) is 3.49. The summed E-state index contributed by atoms with van der Waals surface area (Å²) in [5, 5.41) is 3.00. The van der Waals surface area contributed by atoms with E-state index in [2.05, 4.69) is 41.4 Å². The van der Waals surface area contributed by atoms with Crippen LogP contribution in [0.3, 0.4) is 0 Å². The zero-order valence-corrected chi connectivity index (χ0v) is 16.6. The maximum Gasteiger partial charge on any atom is 0.251 e. The molecule has 0 bridgehead atoms. The van der Waals surface area contributed by atoms with Gasteiger partial charge < -0.3 is 15.1 Å². The van der Waals surface area contributed by atoms with Crippen LogP contribution in [0.1, 0.15) is 40.7 Å². The molecular weight excluding hydrogens is 350 g/mol. The fraction of sp³-hybridized carbons (Fsp3) is 0.391. The van der Waals surface area contributed by atoms with Gasteiger partial charge in [0.1, 0.15) is 6.04 Å². The zero-order valence-electron chi connectivity index (χ0n) is 16.6. The van der Waals surface area contributed by atoms with Crippen molar-refractivity contribution in [2.24, 2.45) is 0 Å². The fourth-order valence-electron chi connectivity index (χ4n) is 4.17. The average Bonchev–Trinajstić information content (AvgIpc) is 2.73. The largest absolute Gasteiger partial charge is 0.358 e. The molecule has 0 spiro atoms. The number of carbonyl (C=O) groups excluding carboxylic acids is 2. The number of likely N-dealkylation sites (N-methyl/N-ethyl adjacent to an activating group) is 1. The fourth-order valence-corrected chi connectivity index (χ4v) is 4.17. The van der Waals surface area contributed by atoms with Crippen molar-refractivity contribution in [2.75, 3.05) is 29.9 Å². The van der Waals surface area contributed by atoms with E-state index in [1.807, 2.05) is 25.2 Å². The molecule has 4 rings (SSSR count). The van der Waals surface area contributed by atoms with Gasteiger partial charge >= 0.3 is 0 Å². The number of fused-ring (bicyclic) bond motifs is 3. The minimum absolute atomic E-state index is 0.0552. The SMILES string of the molecule is Cc1ccc(CCNC(=O)c2ccc3c(c2)N(C)C(=O)[C@@H]2CCCCN32)cc1. The summed E-state index contributed by atoms with van der Waals surface area (Å²) in [6, 6.07) is 14.0. The summed E-state index contributed by atoms with van der Waals surface area (Å²) in [5.74, 6) is 0.0284. The molecule has 2 aliphatic rings. The van der Waals surface area contributed by atoms with Crippen LogP contribution in [-0.2, 0) is 11.2 Å². The first-order valence-corrected chi connectivity index (χ1v) is 10.1. The lowest BCUT2D eigenvalue weighted by molar-refractivity contribution is -0.120. The summed E-state index contributed by atoms with van der Waals surface area (Å²) in [7, 11) is 1.81. The predicted octanol–water partition coefficient (Wildman–Crippen LogP) is 3.30. The standard InChI is InChI=1S/C23H27N3O2/c1-16-6-8-17(9-7-16)12-13-24-22(27)18-10-11-19-21(15-18)25(2)23(28)20-5-3-4-14-26(19)20/h6-11,15,20H,3-5,12-14H2,1-2H3,(H,24,27)/t20-/m0/s1. The third-order valence-electron chi connectivity index (χ3n) is 5.85. The monoisotopic (exact) mass is 377 g/mol. The Morgan fingerprint density at radius 3 is 2.68 bits per heavy atom. The molecule has 1 saturated heterocycles. The van der Waals surface area contributed by atoms with Gasteiger partial charge in [0.2, 0.25) is 5.91 Å². The molecule has 5 heteroatoms. The molecule has 2 heterocycles. The normalized spacial score (nSPS) is 18.5. The van der Waals surface area contributed by atoms with Crippen LogP contribution in [0.15, 0.2) is 42.5 Å². The van der Waals surface area contributed by atoms with Crippen molar-refractivity contribution in [1.29, 1.82) is 0 Å². The maximum absolute atomic E-state index is 12.7. The van der Waals surface area contributed by atoms with E-state index in [9.17, 15) is 9.59 Å². The van der Waals surface area contributed by atoms with E-state index in [1.54, 1.807) is 4.90 Å². The van der Waals surface area contributed by atoms with Gasteiger partial charge in [-0.15, -0.1) is 0 Å². The van der Waals surface area contributed by atoms with Crippen LogP contribution >= 0.6 is 0 Å². The first kappa shape index (κ1) is 18.5. The number of hydrogen-bond acceptors (Lipinski definition) is 3. The highest BCUT2D eigenvalue weighted by atomic mass is 16.2. The summed E-state index contributed by atoms with van der Waals surface area (Å²) in [6.07, 6.45) is 3.90. The van der Waals surface area contributed by atoms with Crippen molar-refractivity contribution in [1.82, 2.24) is 5.32 Å². The second-order valence-corrected chi connectivity index (χ2v) is 7.80. The number of rotatable bonds is 4. The highest BCUT2D eigenvalue weighted by Gasteiger charge is 2.37. The number of piperidine rings is 1. The Morgan fingerprint density at radius 1 is 1.11 bits per heavy atom. The number of nitrogens with zero attached hydrogens (tertiary/aromatic N) is 2. The van der Waals surface area contributed by atoms with Gasteiger partial charge in [0.05, 0.1) is 11.4 Å². The summed E-state index contributed by atoms with van der Waals surface area (Å²) >= 11 is 0. The molecule has 0 aliphatic carbocycles. The van der Waals surface area contributed by atoms with E-state index in [4.69, 9.17) is 0 Å². The number of hydrogen-bond donors (Lipinski definition) is 1. The minimum atomic E-state index is -0.100. The molecule has 0 unspecified atom stereocenters. The predicted molar refractivity (Wildman–Crippen MR) is 112 cm³/mol. The van der Waals surface area contributed by atoms with Gasteiger partial charge in [-0.05, 0) is 56.4 Å². The quantitative estimate of drug-likeness (QED) is 0.889. The summed E-state index contributed by atoms with van der Waals surface area (Å²) in [6.45, 7) is 3.55.